The summed E-state index contributed by atoms with van der Waals surface area (Å²) >= 11 is 0. The van der Waals surface area contributed by atoms with Gasteiger partial charge in [0.15, 0.2) is 0 Å². The minimum absolute atomic E-state index is 0.548. The Balaban J connectivity index is 1.26. The maximum absolute atomic E-state index is 6.05. The highest BCUT2D eigenvalue weighted by Crippen LogP contribution is 2.34. The molecule has 0 saturated carbocycles. The molecule has 0 heterocycles. The molecule has 6 aromatic carbocycles. The van der Waals surface area contributed by atoms with Crippen molar-refractivity contribution >= 4 is 0 Å². The monoisotopic (exact) mass is 590 g/mol. The maximum atomic E-state index is 6.05. The van der Waals surface area contributed by atoms with Crippen molar-refractivity contribution in [2.24, 2.45) is 0 Å². The van der Waals surface area contributed by atoms with E-state index in [9.17, 15) is 0 Å². The summed E-state index contributed by atoms with van der Waals surface area (Å²) in [5.74, 6) is 1.71. The van der Waals surface area contributed by atoms with Crippen molar-refractivity contribution < 1.29 is 14.2 Å². The third kappa shape index (κ3) is 8.29. The fourth-order valence-corrected chi connectivity index (χ4v) is 5.38. The zero-order valence-corrected chi connectivity index (χ0v) is 25.7. The summed E-state index contributed by atoms with van der Waals surface area (Å²) in [6.45, 7) is 1.87. The zero-order valence-electron chi connectivity index (χ0n) is 25.7. The van der Waals surface area contributed by atoms with E-state index in [1.54, 1.807) is 7.11 Å². The van der Waals surface area contributed by atoms with E-state index < -0.39 is 0 Å². The normalized spacial score (nSPS) is 10.9. The average Bonchev–Trinajstić information content (AvgIpc) is 3.11. The van der Waals surface area contributed by atoms with Gasteiger partial charge in [-0.15, -0.1) is 0 Å². The van der Waals surface area contributed by atoms with Gasteiger partial charge in [-0.05, 0) is 105 Å². The van der Waals surface area contributed by atoms with E-state index in [2.05, 4.69) is 115 Å². The molecule has 0 amide bonds. The number of benzene rings is 6. The van der Waals surface area contributed by atoms with E-state index in [0.717, 1.165) is 64.3 Å². The first-order valence-corrected chi connectivity index (χ1v) is 15.5. The van der Waals surface area contributed by atoms with Crippen LogP contribution in [0.4, 0.5) is 0 Å². The van der Waals surface area contributed by atoms with Crippen LogP contribution in [0.3, 0.4) is 0 Å². The van der Waals surface area contributed by atoms with Gasteiger partial charge in [0.2, 0.25) is 0 Å². The van der Waals surface area contributed by atoms with Crippen LogP contribution < -0.4 is 9.47 Å². The topological polar surface area (TPSA) is 27.7 Å². The molecule has 224 valence electrons. The third-order valence-corrected chi connectivity index (χ3v) is 7.91. The minimum atomic E-state index is 0.548. The van der Waals surface area contributed by atoms with Gasteiger partial charge in [-0.2, -0.15) is 0 Å². The molecule has 0 aliphatic heterocycles. The molecule has 45 heavy (non-hydrogen) atoms. The predicted molar refractivity (Wildman–Crippen MR) is 184 cm³/mol. The second-order valence-electron chi connectivity index (χ2n) is 11.2. The van der Waals surface area contributed by atoms with Gasteiger partial charge in [0, 0.05) is 13.7 Å². The highest BCUT2D eigenvalue weighted by Gasteiger charge is 2.09. The molecule has 0 aliphatic carbocycles. The highest BCUT2D eigenvalue weighted by atomic mass is 16.5. The molecule has 0 radical (unpaired) electrons. The van der Waals surface area contributed by atoms with Gasteiger partial charge in [0.25, 0.3) is 0 Å². The molecule has 0 saturated heterocycles. The van der Waals surface area contributed by atoms with Crippen molar-refractivity contribution in [1.29, 1.82) is 0 Å². The molecule has 6 aromatic rings. The second kappa shape index (κ2) is 15.1. The van der Waals surface area contributed by atoms with E-state index >= 15 is 0 Å². The van der Waals surface area contributed by atoms with Crippen LogP contribution in [0, 0.1) is 0 Å². The van der Waals surface area contributed by atoms with Crippen molar-refractivity contribution in [3.05, 3.63) is 168 Å². The summed E-state index contributed by atoms with van der Waals surface area (Å²) in [5, 5.41) is 0. The van der Waals surface area contributed by atoms with Crippen molar-refractivity contribution in [3.63, 3.8) is 0 Å². The number of ether oxygens (including phenoxy) is 3. The van der Waals surface area contributed by atoms with E-state index in [1.807, 2.05) is 36.4 Å². The average molecular weight is 591 g/mol. The molecule has 0 fully saturated rings. The number of hydrogen-bond acceptors (Lipinski definition) is 3. The van der Waals surface area contributed by atoms with Crippen LogP contribution in [0.2, 0.25) is 0 Å². The molecule has 0 unspecified atom stereocenters. The molecule has 6 rings (SSSR count). The maximum Gasteiger partial charge on any atom is 0.119 e. The Labute approximate surface area is 266 Å². The van der Waals surface area contributed by atoms with Crippen LogP contribution in [-0.4, -0.2) is 13.7 Å². The van der Waals surface area contributed by atoms with Gasteiger partial charge in [0.05, 0.1) is 0 Å². The van der Waals surface area contributed by atoms with Crippen LogP contribution in [0.1, 0.15) is 23.1 Å². The van der Waals surface area contributed by atoms with Gasteiger partial charge >= 0.3 is 0 Å². The fourth-order valence-electron chi connectivity index (χ4n) is 5.38. The third-order valence-electron chi connectivity index (χ3n) is 7.91. The van der Waals surface area contributed by atoms with Crippen molar-refractivity contribution in [3.8, 4) is 44.9 Å². The lowest BCUT2D eigenvalue weighted by atomic mass is 9.93. The molecule has 0 aromatic heterocycles. The molecule has 0 N–H and O–H groups in total. The van der Waals surface area contributed by atoms with Crippen molar-refractivity contribution in [2.45, 2.75) is 26.1 Å². The highest BCUT2D eigenvalue weighted by molar-refractivity contribution is 5.81. The molecule has 0 spiro atoms. The first-order chi connectivity index (χ1) is 22.2. The minimum Gasteiger partial charge on any atom is -0.489 e. The molecule has 3 heteroatoms. The Morgan fingerprint density at radius 3 is 1.20 bits per heavy atom. The van der Waals surface area contributed by atoms with E-state index in [-0.39, 0.29) is 0 Å². The summed E-state index contributed by atoms with van der Waals surface area (Å²) in [7, 11) is 1.75. The largest absolute Gasteiger partial charge is 0.489 e. The van der Waals surface area contributed by atoms with E-state index in [1.165, 1.54) is 16.7 Å². The fraction of sp³-hybridized carbons (Fsp3) is 0.143. The van der Waals surface area contributed by atoms with Crippen LogP contribution in [0.15, 0.2) is 152 Å². The first-order valence-electron chi connectivity index (χ1n) is 15.5. The zero-order chi connectivity index (χ0) is 30.7. The van der Waals surface area contributed by atoms with Crippen LogP contribution in [0.5, 0.6) is 11.5 Å². The SMILES string of the molecule is COCCCc1ccc(-c2cc(-c3ccc(OCc4ccccc4)cc3)cc(-c3ccc(OCc4ccccc4)cc3)c2)cc1. The Hall–Kier alpha value is -5.12. The van der Waals surface area contributed by atoms with Crippen LogP contribution in [0.25, 0.3) is 33.4 Å². The number of rotatable bonds is 13. The Bertz CT molecular complexity index is 1650. The van der Waals surface area contributed by atoms with E-state index in [4.69, 9.17) is 14.2 Å². The molecule has 0 aliphatic rings. The lowest BCUT2D eigenvalue weighted by Crippen LogP contribution is -1.95. The standard InChI is InChI=1S/C42H38O3/c1-43-26-8-13-32-14-16-35(17-15-32)38-27-39(36-18-22-41(23-19-36)44-30-33-9-4-2-5-10-33)29-40(28-38)37-20-24-42(25-21-37)45-31-34-11-6-3-7-12-34/h2-7,9-12,14-25,27-29H,8,13,26,30-31H2,1H3. The van der Waals surface area contributed by atoms with Gasteiger partial charge in [-0.1, -0.05) is 109 Å². The summed E-state index contributed by atoms with van der Waals surface area (Å²) in [4.78, 5) is 0. The van der Waals surface area contributed by atoms with Gasteiger partial charge < -0.3 is 14.2 Å². The number of hydrogen-bond donors (Lipinski definition) is 0. The molecular weight excluding hydrogens is 552 g/mol. The van der Waals surface area contributed by atoms with Crippen molar-refractivity contribution in [1.82, 2.24) is 0 Å². The molecule has 0 atom stereocenters. The van der Waals surface area contributed by atoms with E-state index in [0.29, 0.717) is 13.2 Å². The Kier molecular flexibility index (Phi) is 10.0. The first kappa shape index (κ1) is 29.9. The number of methoxy groups -OCH3 is 1. The second-order valence-corrected chi connectivity index (χ2v) is 11.2. The summed E-state index contributed by atoms with van der Waals surface area (Å²) in [6.07, 6.45) is 2.03. The van der Waals surface area contributed by atoms with Gasteiger partial charge in [-0.25, -0.2) is 0 Å². The quantitative estimate of drug-likeness (QED) is 0.125. The summed E-state index contributed by atoms with van der Waals surface area (Å²) in [6, 6.07) is 53.0. The summed E-state index contributed by atoms with van der Waals surface area (Å²) in [5.41, 5.74) is 10.6. The Morgan fingerprint density at radius 1 is 0.400 bits per heavy atom. The smallest absolute Gasteiger partial charge is 0.119 e. The van der Waals surface area contributed by atoms with Crippen LogP contribution >= 0.6 is 0 Å². The van der Waals surface area contributed by atoms with Gasteiger partial charge in [0.1, 0.15) is 24.7 Å². The van der Waals surface area contributed by atoms with Crippen molar-refractivity contribution in [2.75, 3.05) is 13.7 Å². The van der Waals surface area contributed by atoms with Gasteiger partial charge in [-0.3, -0.25) is 0 Å². The summed E-state index contributed by atoms with van der Waals surface area (Å²) < 4.78 is 17.3. The molecular formula is C42H38O3. The molecule has 3 nitrogen and oxygen atoms in total. The lowest BCUT2D eigenvalue weighted by Gasteiger charge is -2.13. The Morgan fingerprint density at radius 2 is 0.800 bits per heavy atom. The van der Waals surface area contributed by atoms with Crippen LogP contribution in [-0.2, 0) is 24.4 Å². The lowest BCUT2D eigenvalue weighted by molar-refractivity contribution is 0.195. The molecule has 0 bridgehead atoms. The predicted octanol–water partition coefficient (Wildman–Crippen LogP) is 10.4. The number of aryl methyl sites for hydroxylation is 1.